The number of carbonyl (C=O) groups is 2. The lowest BCUT2D eigenvalue weighted by Gasteiger charge is -2.17. The number of amides is 3. The molecule has 0 aliphatic rings. The van der Waals surface area contributed by atoms with E-state index in [9.17, 15) is 9.59 Å². The largest absolute Gasteiger partial charge is 0.337 e. The quantitative estimate of drug-likeness (QED) is 0.612. The summed E-state index contributed by atoms with van der Waals surface area (Å²) in [5, 5.41) is 6.16. The summed E-state index contributed by atoms with van der Waals surface area (Å²) in [6.45, 7) is 2.70. The van der Waals surface area contributed by atoms with Crippen LogP contribution in [0, 0.1) is 6.92 Å². The molecule has 6 nitrogen and oxygen atoms in total. The van der Waals surface area contributed by atoms with Crippen LogP contribution in [0.4, 0.5) is 9.93 Å². The first-order chi connectivity index (χ1) is 14.0. The van der Waals surface area contributed by atoms with Crippen molar-refractivity contribution in [1.29, 1.82) is 0 Å². The van der Waals surface area contributed by atoms with Gasteiger partial charge in [0.25, 0.3) is 0 Å². The molecule has 3 amide bonds. The van der Waals surface area contributed by atoms with Crippen molar-refractivity contribution in [1.82, 2.24) is 15.2 Å². The Morgan fingerprint density at radius 3 is 2.38 bits per heavy atom. The van der Waals surface area contributed by atoms with Crippen molar-refractivity contribution < 1.29 is 9.59 Å². The Morgan fingerprint density at radius 2 is 1.69 bits per heavy atom. The number of hydrogen-bond acceptors (Lipinski definition) is 4. The summed E-state index contributed by atoms with van der Waals surface area (Å²) in [6.07, 6.45) is 0.185. The monoisotopic (exact) mass is 408 g/mol. The van der Waals surface area contributed by atoms with E-state index in [1.165, 1.54) is 11.3 Å². The summed E-state index contributed by atoms with van der Waals surface area (Å²) in [7, 11) is 1.73. The molecule has 0 saturated carbocycles. The highest BCUT2D eigenvalue weighted by atomic mass is 32.1. The standard InChI is InChI=1S/C22H24N4O2S/c1-16-20(18-11-7-4-8-12-18)29-21(24-16)25-19(27)13-14-23-22(28)26(2)15-17-9-5-3-6-10-17/h3-12H,13-15H2,1-2H3,(H,23,28)(H,24,25,27). The van der Waals surface area contributed by atoms with Gasteiger partial charge in [-0.15, -0.1) is 0 Å². The maximum atomic E-state index is 12.2. The molecular weight excluding hydrogens is 384 g/mol. The van der Waals surface area contributed by atoms with Crippen LogP contribution in [0.15, 0.2) is 60.7 Å². The number of carbonyl (C=O) groups excluding carboxylic acids is 2. The zero-order valence-electron chi connectivity index (χ0n) is 16.5. The third-order valence-electron chi connectivity index (χ3n) is 4.32. The Balaban J connectivity index is 1.45. The molecule has 3 aromatic rings. The average Bonchev–Trinajstić information content (AvgIpc) is 3.09. The van der Waals surface area contributed by atoms with E-state index in [1.807, 2.05) is 67.6 Å². The van der Waals surface area contributed by atoms with Crippen molar-refractivity contribution in [2.45, 2.75) is 19.9 Å². The lowest BCUT2D eigenvalue weighted by molar-refractivity contribution is -0.116. The van der Waals surface area contributed by atoms with Crippen molar-refractivity contribution >= 4 is 28.4 Å². The topological polar surface area (TPSA) is 74.3 Å². The fraction of sp³-hybridized carbons (Fsp3) is 0.227. The Morgan fingerprint density at radius 1 is 1.03 bits per heavy atom. The molecule has 0 bridgehead atoms. The minimum absolute atomic E-state index is 0.177. The van der Waals surface area contributed by atoms with Crippen LogP contribution >= 0.6 is 11.3 Å². The average molecular weight is 409 g/mol. The Bertz CT molecular complexity index is 957. The van der Waals surface area contributed by atoms with Gasteiger partial charge < -0.3 is 15.5 Å². The molecule has 29 heavy (non-hydrogen) atoms. The van der Waals surface area contributed by atoms with Gasteiger partial charge in [0, 0.05) is 26.6 Å². The van der Waals surface area contributed by atoms with Crippen LogP contribution in [0.3, 0.4) is 0 Å². The predicted molar refractivity (Wildman–Crippen MR) is 117 cm³/mol. The SMILES string of the molecule is Cc1nc(NC(=O)CCNC(=O)N(C)Cc2ccccc2)sc1-c1ccccc1. The van der Waals surface area contributed by atoms with E-state index < -0.39 is 0 Å². The first-order valence-electron chi connectivity index (χ1n) is 9.38. The highest BCUT2D eigenvalue weighted by Gasteiger charge is 2.13. The molecule has 0 unspecified atom stereocenters. The van der Waals surface area contributed by atoms with Gasteiger partial charge in [-0.3, -0.25) is 4.79 Å². The van der Waals surface area contributed by atoms with E-state index in [0.29, 0.717) is 11.7 Å². The number of nitrogens with one attached hydrogen (secondary N) is 2. The number of nitrogens with zero attached hydrogens (tertiary/aromatic N) is 2. The fourth-order valence-corrected chi connectivity index (χ4v) is 3.82. The molecule has 2 aromatic carbocycles. The van der Waals surface area contributed by atoms with E-state index >= 15 is 0 Å². The zero-order valence-corrected chi connectivity index (χ0v) is 17.3. The van der Waals surface area contributed by atoms with E-state index in [0.717, 1.165) is 21.7 Å². The highest BCUT2D eigenvalue weighted by molar-refractivity contribution is 7.19. The summed E-state index contributed by atoms with van der Waals surface area (Å²) in [5.41, 5.74) is 3.01. The first-order valence-corrected chi connectivity index (χ1v) is 10.2. The second kappa shape index (κ2) is 9.84. The number of aryl methyl sites for hydroxylation is 1. The van der Waals surface area contributed by atoms with Gasteiger partial charge in [0.1, 0.15) is 0 Å². The lowest BCUT2D eigenvalue weighted by atomic mass is 10.2. The molecule has 0 atom stereocenters. The summed E-state index contributed by atoms with van der Waals surface area (Å²) in [6, 6.07) is 19.5. The molecular formula is C22H24N4O2S. The Hall–Kier alpha value is -3.19. The van der Waals surface area contributed by atoms with Crippen LogP contribution in [0.25, 0.3) is 10.4 Å². The number of aromatic nitrogens is 1. The van der Waals surface area contributed by atoms with Crippen LogP contribution in [-0.4, -0.2) is 35.4 Å². The number of benzene rings is 2. The van der Waals surface area contributed by atoms with Crippen molar-refractivity contribution in [3.8, 4) is 10.4 Å². The van der Waals surface area contributed by atoms with Gasteiger partial charge in [0.15, 0.2) is 5.13 Å². The fourth-order valence-electron chi connectivity index (χ4n) is 2.84. The van der Waals surface area contributed by atoms with Crippen LogP contribution < -0.4 is 10.6 Å². The molecule has 0 saturated heterocycles. The van der Waals surface area contributed by atoms with Gasteiger partial charge in [-0.2, -0.15) is 0 Å². The number of anilines is 1. The molecule has 2 N–H and O–H groups in total. The van der Waals surface area contributed by atoms with Crippen LogP contribution in [0.1, 0.15) is 17.7 Å². The van der Waals surface area contributed by atoms with Crippen molar-refractivity contribution in [3.63, 3.8) is 0 Å². The van der Waals surface area contributed by atoms with Crippen LogP contribution in [0.2, 0.25) is 0 Å². The number of hydrogen-bond donors (Lipinski definition) is 2. The highest BCUT2D eigenvalue weighted by Crippen LogP contribution is 2.32. The second-order valence-electron chi connectivity index (χ2n) is 6.67. The maximum absolute atomic E-state index is 12.2. The molecule has 0 aliphatic heterocycles. The van der Waals surface area contributed by atoms with E-state index in [1.54, 1.807) is 11.9 Å². The molecule has 0 aliphatic carbocycles. The zero-order chi connectivity index (χ0) is 20.6. The number of thiazole rings is 1. The van der Waals surface area contributed by atoms with Gasteiger partial charge >= 0.3 is 6.03 Å². The van der Waals surface area contributed by atoms with Crippen molar-refractivity contribution in [3.05, 3.63) is 71.9 Å². The van der Waals surface area contributed by atoms with Gasteiger partial charge in [0.05, 0.1) is 10.6 Å². The summed E-state index contributed by atoms with van der Waals surface area (Å²) in [4.78, 5) is 31.4. The molecule has 1 heterocycles. The molecule has 0 radical (unpaired) electrons. The molecule has 1 aromatic heterocycles. The molecule has 0 fully saturated rings. The lowest BCUT2D eigenvalue weighted by Crippen LogP contribution is -2.38. The van der Waals surface area contributed by atoms with Crippen molar-refractivity contribution in [2.24, 2.45) is 0 Å². The Labute approximate surface area is 174 Å². The van der Waals surface area contributed by atoms with Crippen LogP contribution in [-0.2, 0) is 11.3 Å². The van der Waals surface area contributed by atoms with Crippen LogP contribution in [0.5, 0.6) is 0 Å². The van der Waals surface area contributed by atoms with Gasteiger partial charge in [-0.1, -0.05) is 72.0 Å². The molecule has 0 spiro atoms. The Kier molecular flexibility index (Phi) is 6.97. The van der Waals surface area contributed by atoms with E-state index in [4.69, 9.17) is 0 Å². The molecule has 150 valence electrons. The number of rotatable bonds is 7. The van der Waals surface area contributed by atoms with Crippen molar-refractivity contribution in [2.75, 3.05) is 18.9 Å². The predicted octanol–water partition coefficient (Wildman–Crippen LogP) is 4.29. The second-order valence-corrected chi connectivity index (χ2v) is 7.67. The summed E-state index contributed by atoms with van der Waals surface area (Å²) >= 11 is 1.45. The first kappa shape index (κ1) is 20.5. The van der Waals surface area contributed by atoms with Gasteiger partial charge in [-0.25, -0.2) is 9.78 Å². The minimum atomic E-state index is -0.210. The molecule has 7 heteroatoms. The summed E-state index contributed by atoms with van der Waals surface area (Å²) < 4.78 is 0. The third-order valence-corrected chi connectivity index (χ3v) is 5.44. The minimum Gasteiger partial charge on any atom is -0.337 e. The third kappa shape index (κ3) is 5.89. The maximum Gasteiger partial charge on any atom is 0.317 e. The van der Waals surface area contributed by atoms with Gasteiger partial charge in [-0.05, 0) is 18.1 Å². The number of urea groups is 1. The summed E-state index contributed by atoms with van der Waals surface area (Å²) in [5.74, 6) is -0.177. The van der Waals surface area contributed by atoms with Gasteiger partial charge in [0.2, 0.25) is 5.91 Å². The normalized spacial score (nSPS) is 10.4. The van der Waals surface area contributed by atoms with E-state index in [2.05, 4.69) is 15.6 Å². The van der Waals surface area contributed by atoms with E-state index in [-0.39, 0.29) is 24.9 Å². The molecule has 3 rings (SSSR count). The smallest absolute Gasteiger partial charge is 0.317 e.